The number of nitrogens with one attached hydrogen (secondary N) is 1. The summed E-state index contributed by atoms with van der Waals surface area (Å²) in [6.45, 7) is 8.06. The number of unbranched alkanes of at least 4 members (excludes halogenated alkanes) is 1. The van der Waals surface area contributed by atoms with Crippen LogP contribution in [0, 0.1) is 6.92 Å². The highest BCUT2D eigenvalue weighted by Crippen LogP contribution is 2.16. The van der Waals surface area contributed by atoms with Gasteiger partial charge >= 0.3 is 0 Å². The van der Waals surface area contributed by atoms with Crippen LogP contribution in [0.15, 0.2) is 24.3 Å². The van der Waals surface area contributed by atoms with Gasteiger partial charge in [-0.1, -0.05) is 37.6 Å². The van der Waals surface area contributed by atoms with E-state index in [-0.39, 0.29) is 6.04 Å². The molecule has 1 rings (SSSR count). The highest BCUT2D eigenvalue weighted by Gasteiger charge is 2.10. The summed E-state index contributed by atoms with van der Waals surface area (Å²) in [5.41, 5.74) is 2.55. The molecular formula is C16H27NO2. The highest BCUT2D eigenvalue weighted by molar-refractivity contribution is 5.28. The number of aliphatic hydroxyl groups excluding tert-OH is 1. The van der Waals surface area contributed by atoms with Crippen molar-refractivity contribution in [3.63, 3.8) is 0 Å². The van der Waals surface area contributed by atoms with Gasteiger partial charge < -0.3 is 15.2 Å². The molecule has 2 atom stereocenters. The van der Waals surface area contributed by atoms with Crippen LogP contribution in [0.3, 0.4) is 0 Å². The lowest BCUT2D eigenvalue weighted by atomic mass is 10.0. The summed E-state index contributed by atoms with van der Waals surface area (Å²) < 4.78 is 5.41. The van der Waals surface area contributed by atoms with E-state index in [2.05, 4.69) is 38.2 Å². The zero-order valence-corrected chi connectivity index (χ0v) is 12.4. The fourth-order valence-electron chi connectivity index (χ4n) is 2.02. The van der Waals surface area contributed by atoms with E-state index in [0.717, 1.165) is 19.4 Å². The van der Waals surface area contributed by atoms with Gasteiger partial charge in [-0.15, -0.1) is 0 Å². The van der Waals surface area contributed by atoms with Gasteiger partial charge in [0.25, 0.3) is 0 Å². The van der Waals surface area contributed by atoms with Gasteiger partial charge in [-0.3, -0.25) is 0 Å². The van der Waals surface area contributed by atoms with E-state index in [1.807, 2.05) is 12.1 Å². The van der Waals surface area contributed by atoms with Crippen LogP contribution in [0.1, 0.15) is 43.9 Å². The summed E-state index contributed by atoms with van der Waals surface area (Å²) >= 11 is 0. The molecule has 0 aliphatic rings. The molecule has 108 valence electrons. The van der Waals surface area contributed by atoms with Crippen molar-refractivity contribution in [3.8, 4) is 0 Å². The summed E-state index contributed by atoms with van der Waals surface area (Å²) in [4.78, 5) is 0. The molecule has 1 aromatic rings. The predicted molar refractivity (Wildman–Crippen MR) is 79.3 cm³/mol. The SMILES string of the molecule is CCCCOCC(O)CN[C@@H](C)c1ccccc1C. The van der Waals surface area contributed by atoms with E-state index in [4.69, 9.17) is 4.74 Å². The standard InChI is InChI=1S/C16H27NO2/c1-4-5-10-19-12-15(18)11-17-14(3)16-9-7-6-8-13(16)2/h6-9,14-15,17-18H,4-5,10-12H2,1-3H3/t14-,15?/m0/s1. The molecule has 1 aromatic carbocycles. The van der Waals surface area contributed by atoms with Crippen LogP contribution < -0.4 is 5.32 Å². The Bertz CT molecular complexity index is 354. The van der Waals surface area contributed by atoms with Crippen LogP contribution in [0.4, 0.5) is 0 Å². The van der Waals surface area contributed by atoms with Crippen LogP contribution >= 0.6 is 0 Å². The summed E-state index contributed by atoms with van der Waals surface area (Å²) in [5.74, 6) is 0. The van der Waals surface area contributed by atoms with E-state index in [1.165, 1.54) is 11.1 Å². The minimum absolute atomic E-state index is 0.242. The van der Waals surface area contributed by atoms with Crippen molar-refractivity contribution in [3.05, 3.63) is 35.4 Å². The lowest BCUT2D eigenvalue weighted by Crippen LogP contribution is -2.32. The van der Waals surface area contributed by atoms with Gasteiger partial charge in [-0.05, 0) is 31.4 Å². The molecule has 0 fully saturated rings. The minimum atomic E-state index is -0.441. The first-order chi connectivity index (χ1) is 9.15. The van der Waals surface area contributed by atoms with E-state index in [0.29, 0.717) is 13.2 Å². The Labute approximate surface area is 117 Å². The third-order valence-electron chi connectivity index (χ3n) is 3.27. The van der Waals surface area contributed by atoms with Crippen molar-refractivity contribution in [2.24, 2.45) is 0 Å². The number of rotatable bonds is 9. The molecule has 0 aliphatic carbocycles. The second-order valence-electron chi connectivity index (χ2n) is 5.07. The first kappa shape index (κ1) is 16.2. The minimum Gasteiger partial charge on any atom is -0.389 e. The van der Waals surface area contributed by atoms with E-state index in [1.54, 1.807) is 0 Å². The second kappa shape index (κ2) is 9.08. The first-order valence-corrected chi connectivity index (χ1v) is 7.19. The third kappa shape index (κ3) is 6.19. The number of benzene rings is 1. The monoisotopic (exact) mass is 265 g/mol. The molecule has 19 heavy (non-hydrogen) atoms. The lowest BCUT2D eigenvalue weighted by molar-refractivity contribution is 0.0348. The van der Waals surface area contributed by atoms with Gasteiger partial charge in [0.2, 0.25) is 0 Å². The molecule has 0 saturated heterocycles. The van der Waals surface area contributed by atoms with Crippen molar-refractivity contribution in [2.75, 3.05) is 19.8 Å². The van der Waals surface area contributed by atoms with Crippen molar-refractivity contribution in [1.82, 2.24) is 5.32 Å². The van der Waals surface area contributed by atoms with Crippen LogP contribution in [0.5, 0.6) is 0 Å². The Hall–Kier alpha value is -0.900. The maximum Gasteiger partial charge on any atom is 0.0897 e. The van der Waals surface area contributed by atoms with Crippen LogP contribution in [0.2, 0.25) is 0 Å². The summed E-state index contributed by atoms with van der Waals surface area (Å²) in [5, 5.41) is 13.2. The Balaban J connectivity index is 2.26. The average Bonchev–Trinajstić information content (AvgIpc) is 2.41. The molecule has 0 radical (unpaired) electrons. The van der Waals surface area contributed by atoms with Crippen LogP contribution in [-0.4, -0.2) is 31.0 Å². The molecule has 0 aromatic heterocycles. The topological polar surface area (TPSA) is 41.5 Å². The Kier molecular flexibility index (Phi) is 7.72. The quantitative estimate of drug-likeness (QED) is 0.675. The van der Waals surface area contributed by atoms with Gasteiger partial charge in [-0.2, -0.15) is 0 Å². The largest absolute Gasteiger partial charge is 0.389 e. The zero-order chi connectivity index (χ0) is 14.1. The smallest absolute Gasteiger partial charge is 0.0897 e. The Morgan fingerprint density at radius 3 is 2.74 bits per heavy atom. The molecule has 3 nitrogen and oxygen atoms in total. The molecule has 0 saturated carbocycles. The second-order valence-corrected chi connectivity index (χ2v) is 5.07. The number of aliphatic hydroxyl groups is 1. The Morgan fingerprint density at radius 2 is 2.05 bits per heavy atom. The number of ether oxygens (including phenoxy) is 1. The molecule has 0 amide bonds. The van der Waals surface area contributed by atoms with Crippen molar-refractivity contribution in [1.29, 1.82) is 0 Å². The van der Waals surface area contributed by atoms with Crippen molar-refractivity contribution >= 4 is 0 Å². The maximum absolute atomic E-state index is 9.83. The number of hydrogen-bond donors (Lipinski definition) is 2. The molecule has 0 aliphatic heterocycles. The zero-order valence-electron chi connectivity index (χ0n) is 12.4. The summed E-state index contributed by atoms with van der Waals surface area (Å²) in [6, 6.07) is 8.56. The summed E-state index contributed by atoms with van der Waals surface area (Å²) in [7, 11) is 0. The predicted octanol–water partition coefficient (Wildman–Crippen LogP) is 2.82. The molecule has 0 bridgehead atoms. The normalized spacial score (nSPS) is 14.3. The third-order valence-corrected chi connectivity index (χ3v) is 3.27. The first-order valence-electron chi connectivity index (χ1n) is 7.19. The fourth-order valence-corrected chi connectivity index (χ4v) is 2.02. The van der Waals surface area contributed by atoms with Gasteiger partial charge in [0.1, 0.15) is 0 Å². The fraction of sp³-hybridized carbons (Fsp3) is 0.625. The number of aryl methyl sites for hydroxylation is 1. The van der Waals surface area contributed by atoms with Gasteiger partial charge in [0.05, 0.1) is 12.7 Å². The van der Waals surface area contributed by atoms with Crippen LogP contribution in [-0.2, 0) is 4.74 Å². The molecule has 0 heterocycles. The average molecular weight is 265 g/mol. The summed E-state index contributed by atoms with van der Waals surface area (Å²) in [6.07, 6.45) is 1.74. The molecule has 0 spiro atoms. The van der Waals surface area contributed by atoms with Crippen molar-refractivity contribution < 1.29 is 9.84 Å². The highest BCUT2D eigenvalue weighted by atomic mass is 16.5. The molecular weight excluding hydrogens is 238 g/mol. The van der Waals surface area contributed by atoms with Gasteiger partial charge in [0.15, 0.2) is 0 Å². The van der Waals surface area contributed by atoms with Crippen LogP contribution in [0.25, 0.3) is 0 Å². The van der Waals surface area contributed by atoms with Gasteiger partial charge in [0, 0.05) is 19.2 Å². The van der Waals surface area contributed by atoms with E-state index < -0.39 is 6.10 Å². The molecule has 3 heteroatoms. The van der Waals surface area contributed by atoms with Gasteiger partial charge in [-0.25, -0.2) is 0 Å². The lowest BCUT2D eigenvalue weighted by Gasteiger charge is -2.19. The van der Waals surface area contributed by atoms with E-state index >= 15 is 0 Å². The maximum atomic E-state index is 9.83. The van der Waals surface area contributed by atoms with E-state index in [9.17, 15) is 5.11 Å². The Morgan fingerprint density at radius 1 is 1.32 bits per heavy atom. The van der Waals surface area contributed by atoms with Crippen molar-refractivity contribution in [2.45, 2.75) is 45.8 Å². The molecule has 1 unspecified atom stereocenters. The number of hydrogen-bond acceptors (Lipinski definition) is 3. The molecule has 2 N–H and O–H groups in total.